The zero-order valence-corrected chi connectivity index (χ0v) is 40.8. The van der Waals surface area contributed by atoms with Gasteiger partial charge in [0.2, 0.25) is 0 Å². The average molecular weight is 996 g/mol. The highest BCUT2D eigenvalue weighted by atomic mass is 19.1. The Morgan fingerprint density at radius 1 is 0.527 bits per heavy atom. The van der Waals surface area contributed by atoms with Crippen LogP contribution in [0.25, 0.3) is 33.3 Å². The molecule has 374 valence electrons. The monoisotopic (exact) mass is 995 g/mol. The summed E-state index contributed by atoms with van der Waals surface area (Å²) in [4.78, 5) is 20.5. The Balaban J connectivity index is 0.649. The van der Waals surface area contributed by atoms with Crippen LogP contribution in [0.2, 0.25) is 0 Å². The Morgan fingerprint density at radius 2 is 1.03 bits per heavy atom. The number of nitriles is 2. The highest BCUT2D eigenvalue weighted by molar-refractivity contribution is 5.86. The quantitative estimate of drug-likeness (QED) is 0.103. The minimum atomic E-state index is -0.531. The molecule has 0 amide bonds. The highest BCUT2D eigenvalue weighted by Crippen LogP contribution is 2.42. The van der Waals surface area contributed by atoms with E-state index in [1.807, 2.05) is 58.5 Å². The number of anilines is 2. The van der Waals surface area contributed by atoms with Crippen LogP contribution in [0.3, 0.4) is 0 Å². The molecule has 0 N–H and O–H groups in total. The summed E-state index contributed by atoms with van der Waals surface area (Å²) < 4.78 is 63.7. The number of hydrogen-bond donors (Lipinski definition) is 0. The first kappa shape index (κ1) is 47.3. The number of fused-ring (bicyclic) bond motifs is 2. The lowest BCUT2D eigenvalue weighted by molar-refractivity contribution is 0.242. The highest BCUT2D eigenvalue weighted by Gasteiger charge is 2.29. The number of piperazine rings is 2. The lowest BCUT2D eigenvalue weighted by Crippen LogP contribution is -2.46. The minimum Gasteiger partial charge on any atom is -0.354 e. The molecule has 1 atom stereocenters. The fourth-order valence-corrected chi connectivity index (χ4v) is 11.2. The van der Waals surface area contributed by atoms with Crippen molar-refractivity contribution in [2.75, 3.05) is 81.8 Å². The van der Waals surface area contributed by atoms with Gasteiger partial charge in [0.1, 0.15) is 47.0 Å². The molecule has 4 fully saturated rings. The Morgan fingerprint density at radius 3 is 1.50 bits per heavy atom. The number of pyridine rings is 4. The molecule has 6 aromatic heterocycles. The lowest BCUT2D eigenvalue weighted by atomic mass is 9.95. The summed E-state index contributed by atoms with van der Waals surface area (Å²) in [7, 11) is 0. The number of nitrogens with zero attached hydrogens (tertiary/aromatic N) is 13. The van der Waals surface area contributed by atoms with Crippen LogP contribution in [0, 0.1) is 45.9 Å². The predicted molar refractivity (Wildman–Crippen MR) is 273 cm³/mol. The molecule has 4 aliphatic rings. The first-order valence-electron chi connectivity index (χ1n) is 25.5. The third-order valence-corrected chi connectivity index (χ3v) is 15.6. The number of likely N-dealkylation sites (tertiary alicyclic amines) is 1. The average Bonchev–Trinajstić information content (AvgIpc) is 3.79. The Kier molecular flexibility index (Phi) is 12.8. The van der Waals surface area contributed by atoms with Crippen molar-refractivity contribution in [3.63, 3.8) is 0 Å². The molecule has 0 radical (unpaired) electrons. The Hall–Kier alpha value is -7.70. The van der Waals surface area contributed by atoms with Crippen molar-refractivity contribution in [1.29, 1.82) is 10.5 Å². The van der Waals surface area contributed by atoms with Gasteiger partial charge in [0.05, 0.1) is 34.6 Å². The summed E-state index contributed by atoms with van der Waals surface area (Å²) in [6, 6.07) is 23.9. The van der Waals surface area contributed by atoms with E-state index < -0.39 is 23.3 Å². The van der Waals surface area contributed by atoms with E-state index in [-0.39, 0.29) is 30.1 Å². The molecule has 17 heteroatoms. The first-order valence-corrected chi connectivity index (χ1v) is 25.5. The smallest absolute Gasteiger partial charge is 0.130 e. The molecule has 3 aliphatic heterocycles. The lowest BCUT2D eigenvalue weighted by Gasteiger charge is -2.35. The van der Waals surface area contributed by atoms with Gasteiger partial charge in [-0.15, -0.1) is 0 Å². The molecule has 74 heavy (non-hydrogen) atoms. The van der Waals surface area contributed by atoms with Gasteiger partial charge < -0.3 is 14.7 Å². The predicted octanol–water partition coefficient (Wildman–Crippen LogP) is 8.96. The van der Waals surface area contributed by atoms with Gasteiger partial charge in [-0.05, 0) is 121 Å². The molecular weight excluding hydrogens is 943 g/mol. The second-order valence-corrected chi connectivity index (χ2v) is 20.2. The van der Waals surface area contributed by atoms with Crippen molar-refractivity contribution in [2.45, 2.75) is 50.6 Å². The second-order valence-electron chi connectivity index (χ2n) is 20.2. The first-order chi connectivity index (χ1) is 36.2. The van der Waals surface area contributed by atoms with Gasteiger partial charge >= 0.3 is 0 Å². The summed E-state index contributed by atoms with van der Waals surface area (Å²) in [6.45, 7) is 7.85. The molecule has 1 saturated carbocycles. The van der Waals surface area contributed by atoms with E-state index in [1.165, 1.54) is 35.9 Å². The third kappa shape index (κ3) is 9.43. The molecule has 1 unspecified atom stereocenters. The van der Waals surface area contributed by atoms with Crippen LogP contribution in [0.15, 0.2) is 104 Å². The van der Waals surface area contributed by atoms with Gasteiger partial charge in [-0.2, -0.15) is 20.7 Å². The van der Waals surface area contributed by atoms with E-state index >= 15 is 8.78 Å². The van der Waals surface area contributed by atoms with Crippen molar-refractivity contribution in [3.8, 4) is 34.4 Å². The maximum atomic E-state index is 15.7. The summed E-state index contributed by atoms with van der Waals surface area (Å²) in [5.74, 6) is 0.250. The van der Waals surface area contributed by atoms with Crippen LogP contribution in [0.1, 0.15) is 70.0 Å². The van der Waals surface area contributed by atoms with Crippen molar-refractivity contribution in [1.82, 2.24) is 43.9 Å². The summed E-state index contributed by atoms with van der Waals surface area (Å²) in [5.41, 5.74) is 9.20. The summed E-state index contributed by atoms with van der Waals surface area (Å²) >= 11 is 0. The molecule has 0 spiro atoms. The van der Waals surface area contributed by atoms with E-state index in [4.69, 9.17) is 9.97 Å². The fourth-order valence-electron chi connectivity index (χ4n) is 11.2. The number of rotatable bonds is 13. The van der Waals surface area contributed by atoms with Crippen LogP contribution in [0.4, 0.5) is 29.2 Å². The van der Waals surface area contributed by atoms with Crippen LogP contribution >= 0.6 is 0 Å². The van der Waals surface area contributed by atoms with Gasteiger partial charge in [0, 0.05) is 137 Å². The number of benzene rings is 2. The maximum absolute atomic E-state index is 15.7. The van der Waals surface area contributed by atoms with Crippen LogP contribution in [-0.4, -0.2) is 116 Å². The van der Waals surface area contributed by atoms with E-state index in [2.05, 4.69) is 54.1 Å². The number of aromatic nitrogens is 6. The normalized spacial score (nSPS) is 17.9. The summed E-state index contributed by atoms with van der Waals surface area (Å²) in [5, 5.41) is 28.8. The molecule has 3 saturated heterocycles. The largest absolute Gasteiger partial charge is 0.354 e. The van der Waals surface area contributed by atoms with Crippen LogP contribution in [-0.2, 0) is 19.5 Å². The number of halogens is 4. The second kappa shape index (κ2) is 20.0. The molecule has 12 rings (SSSR count). The minimum absolute atomic E-state index is 0.0893. The number of hydrogen-bond acceptors (Lipinski definition) is 11. The van der Waals surface area contributed by atoms with Crippen LogP contribution < -0.4 is 9.80 Å². The standard InChI is InChI=1S/C57H53F4N13/c58-50-2-1-3-51(59)48(50)35-69-14-18-71(19-15-69)55-9-7-40(29-65-55)47-25-43(34-74-57(47)45(27-63)31-67-74)41-11-13-68(32-41)12-10-37-22-52(60)49(53(61)23-37)36-70-16-20-72(21-17-70)54-8-6-39(28-64-54)46-24-42(38-4-5-38)33-73-56(46)44(26-62)30-66-73/h1-3,6-9,22-25,28-31,33-34,38,41H,4-5,10-21,32,35-36H2. The van der Waals surface area contributed by atoms with Gasteiger partial charge in [-0.3, -0.25) is 9.80 Å². The molecule has 1 aliphatic carbocycles. The van der Waals surface area contributed by atoms with Crippen molar-refractivity contribution < 1.29 is 17.6 Å². The topological polar surface area (TPSA) is 124 Å². The van der Waals surface area contributed by atoms with Gasteiger partial charge in [0.15, 0.2) is 0 Å². The zero-order chi connectivity index (χ0) is 50.5. The molecule has 2 aromatic carbocycles. The Bertz CT molecular complexity index is 3420. The third-order valence-electron chi connectivity index (χ3n) is 15.6. The van der Waals surface area contributed by atoms with Crippen molar-refractivity contribution >= 4 is 22.7 Å². The van der Waals surface area contributed by atoms with Gasteiger partial charge in [-0.25, -0.2) is 36.6 Å². The van der Waals surface area contributed by atoms with E-state index in [0.29, 0.717) is 93.4 Å². The Labute approximate surface area is 426 Å². The van der Waals surface area contributed by atoms with Gasteiger partial charge in [-0.1, -0.05) is 6.07 Å². The van der Waals surface area contributed by atoms with Gasteiger partial charge in [0.25, 0.3) is 0 Å². The summed E-state index contributed by atoms with van der Waals surface area (Å²) in [6.07, 6.45) is 14.6. The SMILES string of the molecule is N#Cc1cnn2cc(C3CC3)cc(-c3ccc(N4CCN(Cc5c(F)cc(CCN6CCC(c7cc(-c8ccc(N9CCN(Cc%10c(F)cccc%10F)CC9)nc8)c8c(C#N)cnn8c7)C6)cc5F)CC4)nc3)c12. The van der Waals surface area contributed by atoms with Crippen LogP contribution in [0.5, 0.6) is 0 Å². The van der Waals surface area contributed by atoms with Crippen molar-refractivity contribution in [2.24, 2.45) is 0 Å². The molecule has 9 heterocycles. The molecule has 13 nitrogen and oxygen atoms in total. The maximum Gasteiger partial charge on any atom is 0.130 e. The van der Waals surface area contributed by atoms with E-state index in [0.717, 1.165) is 77.3 Å². The molecular formula is C57H53F4N13. The van der Waals surface area contributed by atoms with Crippen molar-refractivity contribution in [3.05, 3.63) is 166 Å². The zero-order valence-electron chi connectivity index (χ0n) is 40.8. The van der Waals surface area contributed by atoms with E-state index in [9.17, 15) is 19.3 Å². The molecule has 0 bridgehead atoms. The fraction of sp³-hybridized carbons (Fsp3) is 0.333. The van der Waals surface area contributed by atoms with E-state index in [1.54, 1.807) is 16.9 Å². The molecule has 8 aromatic rings.